The first-order chi connectivity index (χ1) is 5.31. The van der Waals surface area contributed by atoms with Crippen LogP contribution in [0.15, 0.2) is 0 Å². The SMILES string of the molecule is CCCCCCCC(=O)NO.[KH]. The van der Waals surface area contributed by atoms with Crippen LogP contribution in [0.1, 0.15) is 45.4 Å². The zero-order valence-electron chi connectivity index (χ0n) is 7.10. The summed E-state index contributed by atoms with van der Waals surface area (Å²) in [5, 5.41) is 8.14. The van der Waals surface area contributed by atoms with E-state index in [4.69, 9.17) is 5.21 Å². The Labute approximate surface area is 117 Å². The second-order valence-electron chi connectivity index (χ2n) is 2.70. The number of rotatable bonds is 6. The molecule has 0 radical (unpaired) electrons. The molecule has 0 unspecified atom stereocenters. The van der Waals surface area contributed by atoms with E-state index in [-0.39, 0.29) is 57.3 Å². The van der Waals surface area contributed by atoms with Crippen molar-refractivity contribution in [3.8, 4) is 0 Å². The van der Waals surface area contributed by atoms with Gasteiger partial charge in [0.15, 0.2) is 0 Å². The number of nitrogens with one attached hydrogen (secondary N) is 1. The van der Waals surface area contributed by atoms with Crippen molar-refractivity contribution in [1.29, 1.82) is 0 Å². The Morgan fingerprint density at radius 1 is 1.25 bits per heavy atom. The van der Waals surface area contributed by atoms with Gasteiger partial charge in [0.1, 0.15) is 0 Å². The van der Waals surface area contributed by atoms with E-state index in [9.17, 15) is 4.79 Å². The van der Waals surface area contributed by atoms with Crippen LogP contribution in [0.5, 0.6) is 0 Å². The predicted molar refractivity (Wildman–Crippen MR) is 50.5 cm³/mol. The van der Waals surface area contributed by atoms with Crippen molar-refractivity contribution in [2.75, 3.05) is 0 Å². The zero-order chi connectivity index (χ0) is 8.53. The topological polar surface area (TPSA) is 49.3 Å². The van der Waals surface area contributed by atoms with Crippen LogP contribution in [0.25, 0.3) is 0 Å². The fraction of sp³-hybridized carbons (Fsp3) is 0.875. The molecule has 0 aliphatic heterocycles. The van der Waals surface area contributed by atoms with Crippen LogP contribution in [0.2, 0.25) is 0 Å². The second kappa shape index (κ2) is 12.1. The zero-order valence-corrected chi connectivity index (χ0v) is 7.10. The maximum absolute atomic E-state index is 10.5. The van der Waals surface area contributed by atoms with E-state index in [0.29, 0.717) is 6.42 Å². The molecule has 0 spiro atoms. The van der Waals surface area contributed by atoms with E-state index < -0.39 is 0 Å². The molecule has 0 fully saturated rings. The van der Waals surface area contributed by atoms with Gasteiger partial charge in [0.25, 0.3) is 0 Å². The van der Waals surface area contributed by atoms with Crippen molar-refractivity contribution in [2.24, 2.45) is 0 Å². The molecule has 0 aromatic rings. The van der Waals surface area contributed by atoms with Crippen molar-refractivity contribution in [3.05, 3.63) is 0 Å². The summed E-state index contributed by atoms with van der Waals surface area (Å²) in [5.41, 5.74) is 1.62. The third-order valence-electron chi connectivity index (χ3n) is 1.63. The Kier molecular flexibility index (Phi) is 15.6. The average Bonchev–Trinajstić information content (AvgIpc) is 2.04. The predicted octanol–water partition coefficient (Wildman–Crippen LogP) is 1.20. The quantitative estimate of drug-likeness (QED) is 0.292. The van der Waals surface area contributed by atoms with Gasteiger partial charge < -0.3 is 0 Å². The molecule has 1 amide bonds. The van der Waals surface area contributed by atoms with Gasteiger partial charge in [-0.3, -0.25) is 10.0 Å². The first-order valence-corrected chi connectivity index (χ1v) is 4.24. The standard InChI is InChI=1S/C8H17NO2.K.H/c1-2-3-4-5-6-7-8(10)9-11;;/h11H,2-7H2,1H3,(H,9,10);;. The molecule has 0 rings (SSSR count). The molecule has 0 aromatic heterocycles. The summed E-state index contributed by atoms with van der Waals surface area (Å²) in [7, 11) is 0. The van der Waals surface area contributed by atoms with Crippen LogP contribution in [0, 0.1) is 0 Å². The van der Waals surface area contributed by atoms with E-state index in [1.54, 1.807) is 5.48 Å². The van der Waals surface area contributed by atoms with E-state index in [1.807, 2.05) is 0 Å². The third kappa shape index (κ3) is 11.1. The van der Waals surface area contributed by atoms with Gasteiger partial charge >= 0.3 is 51.4 Å². The molecule has 3 nitrogen and oxygen atoms in total. The molecule has 12 heavy (non-hydrogen) atoms. The number of hydrogen-bond donors (Lipinski definition) is 2. The van der Waals surface area contributed by atoms with Gasteiger partial charge in [-0.15, -0.1) is 0 Å². The number of carbonyl (C=O) groups is 1. The summed E-state index contributed by atoms with van der Waals surface area (Å²) < 4.78 is 0. The van der Waals surface area contributed by atoms with Gasteiger partial charge in [-0.1, -0.05) is 32.6 Å². The van der Waals surface area contributed by atoms with Gasteiger partial charge in [-0.2, -0.15) is 0 Å². The van der Waals surface area contributed by atoms with Crippen LogP contribution in [0.3, 0.4) is 0 Å². The van der Waals surface area contributed by atoms with E-state index in [0.717, 1.165) is 12.8 Å². The Bertz CT molecular complexity index is 109. The van der Waals surface area contributed by atoms with Crippen LogP contribution in [-0.2, 0) is 4.79 Å². The number of carbonyl (C=O) groups excluding carboxylic acids is 1. The summed E-state index contributed by atoms with van der Waals surface area (Å²) in [4.78, 5) is 10.5. The summed E-state index contributed by atoms with van der Waals surface area (Å²) in [6, 6.07) is 0. The molecular weight excluding hydrogens is 181 g/mol. The van der Waals surface area contributed by atoms with Crippen LogP contribution in [0.4, 0.5) is 0 Å². The number of unbranched alkanes of at least 4 members (excludes halogenated alkanes) is 4. The first-order valence-electron chi connectivity index (χ1n) is 4.24. The minimum atomic E-state index is -0.276. The van der Waals surface area contributed by atoms with Crippen LogP contribution in [-0.4, -0.2) is 62.5 Å². The monoisotopic (exact) mass is 199 g/mol. The molecule has 0 bridgehead atoms. The summed E-state index contributed by atoms with van der Waals surface area (Å²) in [6.07, 6.45) is 6.05. The Hall–Kier alpha value is 1.07. The normalized spacial score (nSPS) is 8.83. The third-order valence-corrected chi connectivity index (χ3v) is 1.63. The maximum atomic E-state index is 10.5. The number of amides is 1. The van der Waals surface area contributed by atoms with E-state index in [2.05, 4.69) is 6.92 Å². The Morgan fingerprint density at radius 2 is 1.83 bits per heavy atom. The van der Waals surface area contributed by atoms with Gasteiger partial charge in [-0.05, 0) is 6.42 Å². The summed E-state index contributed by atoms with van der Waals surface area (Å²) in [5.74, 6) is -0.276. The fourth-order valence-electron chi connectivity index (χ4n) is 0.945. The molecule has 0 saturated carbocycles. The van der Waals surface area contributed by atoms with Crippen molar-refractivity contribution >= 4 is 57.3 Å². The Morgan fingerprint density at radius 3 is 2.33 bits per heavy atom. The molecule has 2 N–H and O–H groups in total. The molecule has 4 heteroatoms. The molecule has 68 valence electrons. The van der Waals surface area contributed by atoms with Crippen molar-refractivity contribution in [2.45, 2.75) is 45.4 Å². The van der Waals surface area contributed by atoms with Crippen molar-refractivity contribution in [1.82, 2.24) is 5.48 Å². The van der Waals surface area contributed by atoms with Crippen molar-refractivity contribution in [3.63, 3.8) is 0 Å². The first kappa shape index (κ1) is 15.5. The fourth-order valence-corrected chi connectivity index (χ4v) is 0.945. The number of hydrogen-bond acceptors (Lipinski definition) is 2. The molecular formula is C8H18KNO2. The van der Waals surface area contributed by atoms with Crippen LogP contribution < -0.4 is 5.48 Å². The van der Waals surface area contributed by atoms with Gasteiger partial charge in [-0.25, -0.2) is 5.48 Å². The van der Waals surface area contributed by atoms with Crippen molar-refractivity contribution < 1.29 is 10.0 Å². The molecule has 0 aliphatic carbocycles. The summed E-state index contributed by atoms with van der Waals surface area (Å²) >= 11 is 0. The van der Waals surface area contributed by atoms with Gasteiger partial charge in [0, 0.05) is 6.42 Å². The van der Waals surface area contributed by atoms with Gasteiger partial charge in [0.2, 0.25) is 5.91 Å². The van der Waals surface area contributed by atoms with E-state index >= 15 is 0 Å². The molecule has 0 aliphatic rings. The molecule has 0 aromatic carbocycles. The molecule has 0 atom stereocenters. The minimum absolute atomic E-state index is 0. The Balaban J connectivity index is 0. The molecule has 0 heterocycles. The second-order valence-corrected chi connectivity index (χ2v) is 2.70. The van der Waals surface area contributed by atoms with E-state index in [1.165, 1.54) is 19.3 Å². The number of hydroxylamine groups is 1. The summed E-state index contributed by atoms with van der Waals surface area (Å²) in [6.45, 7) is 2.15. The molecule has 0 saturated heterocycles. The van der Waals surface area contributed by atoms with Gasteiger partial charge in [0.05, 0.1) is 0 Å². The average molecular weight is 199 g/mol. The van der Waals surface area contributed by atoms with Crippen LogP contribution >= 0.6 is 0 Å².